The number of hydrogen-bond donors (Lipinski definition) is 1. The molecule has 0 radical (unpaired) electrons. The maximum Gasteiger partial charge on any atom is 0.221 e. The zero-order chi connectivity index (χ0) is 14.2. The largest absolute Gasteiger partial charge is 0.353 e. The van der Waals surface area contributed by atoms with Crippen LogP contribution in [-0.4, -0.2) is 12.5 Å². The smallest absolute Gasteiger partial charge is 0.221 e. The van der Waals surface area contributed by atoms with E-state index in [2.05, 4.69) is 36.2 Å². The summed E-state index contributed by atoms with van der Waals surface area (Å²) in [6, 6.07) is 20.3. The summed E-state index contributed by atoms with van der Waals surface area (Å²) in [4.78, 5) is 12.0. The van der Waals surface area contributed by atoms with Gasteiger partial charge in [-0.2, -0.15) is 0 Å². The Kier molecular flexibility index (Phi) is 5.13. The quantitative estimate of drug-likeness (QED) is 0.796. The Bertz CT molecular complexity index is 509. The van der Waals surface area contributed by atoms with Gasteiger partial charge >= 0.3 is 0 Å². The fourth-order valence-electron chi connectivity index (χ4n) is 2.24. The molecule has 2 rings (SSSR count). The van der Waals surface area contributed by atoms with E-state index < -0.39 is 0 Å². The molecule has 0 fully saturated rings. The van der Waals surface area contributed by atoms with Gasteiger partial charge in [0.15, 0.2) is 0 Å². The van der Waals surface area contributed by atoms with E-state index >= 15 is 0 Å². The van der Waals surface area contributed by atoms with Gasteiger partial charge in [-0.1, -0.05) is 66.7 Å². The maximum atomic E-state index is 12.0. The number of rotatable bonds is 6. The van der Waals surface area contributed by atoms with Gasteiger partial charge in [-0.3, -0.25) is 4.79 Å². The first-order valence-electron chi connectivity index (χ1n) is 6.78. The molecule has 2 nitrogen and oxygen atoms in total. The van der Waals surface area contributed by atoms with Crippen molar-refractivity contribution in [2.45, 2.75) is 12.3 Å². The van der Waals surface area contributed by atoms with Gasteiger partial charge in [0.1, 0.15) is 0 Å². The average molecular weight is 265 g/mol. The maximum absolute atomic E-state index is 12.0. The fourth-order valence-corrected chi connectivity index (χ4v) is 2.24. The molecule has 2 heteroatoms. The highest BCUT2D eigenvalue weighted by atomic mass is 16.1. The minimum absolute atomic E-state index is 0.0441. The number of hydrogen-bond acceptors (Lipinski definition) is 1. The van der Waals surface area contributed by atoms with E-state index in [4.69, 9.17) is 0 Å². The zero-order valence-electron chi connectivity index (χ0n) is 11.5. The van der Waals surface area contributed by atoms with Crippen LogP contribution >= 0.6 is 0 Å². The van der Waals surface area contributed by atoms with Crippen molar-refractivity contribution in [3.8, 4) is 0 Å². The van der Waals surface area contributed by atoms with Crippen molar-refractivity contribution in [2.75, 3.05) is 6.54 Å². The average Bonchev–Trinajstić information content (AvgIpc) is 2.52. The molecule has 0 atom stereocenters. The first-order chi connectivity index (χ1) is 9.81. The molecule has 0 bridgehead atoms. The SMILES string of the molecule is C=CCNC(=O)CC(c1ccccc1)c1ccccc1. The van der Waals surface area contributed by atoms with Crippen LogP contribution in [0.25, 0.3) is 0 Å². The van der Waals surface area contributed by atoms with Crippen molar-refractivity contribution in [1.82, 2.24) is 5.32 Å². The first-order valence-corrected chi connectivity index (χ1v) is 6.78. The molecule has 0 saturated heterocycles. The van der Waals surface area contributed by atoms with Crippen molar-refractivity contribution in [1.29, 1.82) is 0 Å². The third-order valence-electron chi connectivity index (χ3n) is 3.24. The Morgan fingerprint density at radius 2 is 1.50 bits per heavy atom. The van der Waals surface area contributed by atoms with E-state index in [0.717, 1.165) is 11.1 Å². The Morgan fingerprint density at radius 1 is 1.00 bits per heavy atom. The lowest BCUT2D eigenvalue weighted by molar-refractivity contribution is -0.121. The van der Waals surface area contributed by atoms with Crippen LogP contribution in [0, 0.1) is 0 Å². The van der Waals surface area contributed by atoms with Crippen molar-refractivity contribution < 1.29 is 4.79 Å². The zero-order valence-corrected chi connectivity index (χ0v) is 11.5. The molecule has 0 aliphatic heterocycles. The number of amides is 1. The molecule has 0 aliphatic rings. The monoisotopic (exact) mass is 265 g/mol. The van der Waals surface area contributed by atoms with E-state index in [1.807, 2.05) is 36.4 Å². The Hall–Kier alpha value is -2.35. The summed E-state index contributed by atoms with van der Waals surface area (Å²) < 4.78 is 0. The van der Waals surface area contributed by atoms with E-state index in [1.165, 1.54) is 0 Å². The van der Waals surface area contributed by atoms with E-state index in [-0.39, 0.29) is 11.8 Å². The summed E-state index contributed by atoms with van der Waals surface area (Å²) in [5.74, 6) is 0.129. The first kappa shape index (κ1) is 14.1. The third kappa shape index (κ3) is 3.82. The van der Waals surface area contributed by atoms with E-state index in [1.54, 1.807) is 6.08 Å². The summed E-state index contributed by atoms with van der Waals surface area (Å²) >= 11 is 0. The number of carbonyl (C=O) groups excluding carboxylic acids is 1. The van der Waals surface area contributed by atoms with E-state index in [9.17, 15) is 4.79 Å². The summed E-state index contributed by atoms with van der Waals surface area (Å²) in [6.45, 7) is 4.12. The molecule has 2 aromatic rings. The van der Waals surface area contributed by atoms with Crippen molar-refractivity contribution in [3.05, 3.63) is 84.4 Å². The molecule has 20 heavy (non-hydrogen) atoms. The predicted molar refractivity (Wildman–Crippen MR) is 82.6 cm³/mol. The topological polar surface area (TPSA) is 29.1 Å². The molecule has 102 valence electrons. The summed E-state index contributed by atoms with van der Waals surface area (Å²) in [6.07, 6.45) is 2.14. The molecule has 0 aromatic heterocycles. The van der Waals surface area contributed by atoms with Crippen LogP contribution in [0.3, 0.4) is 0 Å². The fraction of sp³-hybridized carbons (Fsp3) is 0.167. The summed E-state index contributed by atoms with van der Waals surface area (Å²) in [5.41, 5.74) is 2.32. The lowest BCUT2D eigenvalue weighted by Crippen LogP contribution is -2.25. The lowest BCUT2D eigenvalue weighted by Gasteiger charge is -2.17. The standard InChI is InChI=1S/C18H19NO/c1-2-13-19-18(20)14-17(15-9-5-3-6-10-15)16-11-7-4-8-12-16/h2-12,17H,1,13-14H2,(H,19,20). The second kappa shape index (κ2) is 7.29. The minimum Gasteiger partial charge on any atom is -0.353 e. The van der Waals surface area contributed by atoms with Crippen LogP contribution in [0.2, 0.25) is 0 Å². The van der Waals surface area contributed by atoms with Gasteiger partial charge in [-0.25, -0.2) is 0 Å². The van der Waals surface area contributed by atoms with Crippen molar-refractivity contribution in [2.24, 2.45) is 0 Å². The lowest BCUT2D eigenvalue weighted by atomic mass is 9.88. The van der Waals surface area contributed by atoms with Gasteiger partial charge in [-0.05, 0) is 11.1 Å². The molecular weight excluding hydrogens is 246 g/mol. The molecule has 1 N–H and O–H groups in total. The Morgan fingerprint density at radius 3 is 1.95 bits per heavy atom. The van der Waals surface area contributed by atoms with Crippen molar-refractivity contribution >= 4 is 5.91 Å². The number of benzene rings is 2. The Balaban J connectivity index is 2.21. The minimum atomic E-state index is 0.0441. The van der Waals surface area contributed by atoms with Crippen LogP contribution in [-0.2, 0) is 4.79 Å². The van der Waals surface area contributed by atoms with Gasteiger partial charge in [0.25, 0.3) is 0 Å². The van der Waals surface area contributed by atoms with Crippen molar-refractivity contribution in [3.63, 3.8) is 0 Å². The molecular formula is C18H19NO. The van der Waals surface area contributed by atoms with Crippen LogP contribution in [0.1, 0.15) is 23.5 Å². The van der Waals surface area contributed by atoms with Gasteiger partial charge in [0.2, 0.25) is 5.91 Å². The van der Waals surface area contributed by atoms with E-state index in [0.29, 0.717) is 13.0 Å². The highest BCUT2D eigenvalue weighted by Crippen LogP contribution is 2.27. The van der Waals surface area contributed by atoms with Crippen LogP contribution in [0.15, 0.2) is 73.3 Å². The molecule has 0 aliphatic carbocycles. The second-order valence-electron chi connectivity index (χ2n) is 4.67. The highest BCUT2D eigenvalue weighted by molar-refractivity contribution is 5.77. The van der Waals surface area contributed by atoms with Gasteiger partial charge in [-0.15, -0.1) is 6.58 Å². The third-order valence-corrected chi connectivity index (χ3v) is 3.24. The number of carbonyl (C=O) groups is 1. The highest BCUT2D eigenvalue weighted by Gasteiger charge is 2.17. The molecule has 2 aromatic carbocycles. The van der Waals surface area contributed by atoms with Crippen LogP contribution in [0.5, 0.6) is 0 Å². The Labute approximate surface area is 120 Å². The normalized spacial score (nSPS) is 10.2. The molecule has 0 unspecified atom stereocenters. The molecule has 1 amide bonds. The van der Waals surface area contributed by atoms with Gasteiger partial charge in [0.05, 0.1) is 0 Å². The van der Waals surface area contributed by atoms with Crippen LogP contribution in [0.4, 0.5) is 0 Å². The summed E-state index contributed by atoms with van der Waals surface area (Å²) in [5, 5.41) is 2.85. The second-order valence-corrected chi connectivity index (χ2v) is 4.67. The molecule has 0 spiro atoms. The predicted octanol–water partition coefficient (Wildman–Crippen LogP) is 3.51. The summed E-state index contributed by atoms with van der Waals surface area (Å²) in [7, 11) is 0. The number of nitrogens with one attached hydrogen (secondary N) is 1. The van der Waals surface area contributed by atoms with Crippen LogP contribution < -0.4 is 5.32 Å². The molecule has 0 saturated carbocycles. The van der Waals surface area contributed by atoms with Gasteiger partial charge in [0, 0.05) is 18.9 Å². The molecule has 0 heterocycles. The van der Waals surface area contributed by atoms with Gasteiger partial charge < -0.3 is 5.32 Å².